The maximum atomic E-state index is 13.5. The highest BCUT2D eigenvalue weighted by atomic mass is 32.2. The largest absolute Gasteiger partial charge is 0.249 e. The molecule has 22 heavy (non-hydrogen) atoms. The SMILES string of the molecule is CCn1ncnc1CNS(=O)(=O)c1c(F)c(F)cc(F)c1F. The number of nitrogens with zero attached hydrogens (tertiary/aromatic N) is 3. The smallest absolute Gasteiger partial charge is 0.247 e. The topological polar surface area (TPSA) is 76.9 Å². The molecule has 0 spiro atoms. The number of rotatable bonds is 5. The number of hydrogen-bond acceptors (Lipinski definition) is 4. The molecule has 0 aliphatic heterocycles. The molecule has 2 aromatic rings. The standard InChI is InChI=1S/C11H10F4N4O2S/c1-2-19-8(16-5-17-19)4-18-22(20,21)11-9(14)6(12)3-7(13)10(11)15/h3,5,18H,2,4H2,1H3. The zero-order valence-electron chi connectivity index (χ0n) is 11.1. The van der Waals surface area contributed by atoms with Gasteiger partial charge in [-0.15, -0.1) is 0 Å². The molecule has 120 valence electrons. The number of benzene rings is 1. The Morgan fingerprint density at radius 2 is 1.77 bits per heavy atom. The maximum Gasteiger partial charge on any atom is 0.247 e. The summed E-state index contributed by atoms with van der Waals surface area (Å²) in [4.78, 5) is 2.04. The van der Waals surface area contributed by atoms with Crippen molar-refractivity contribution in [3.8, 4) is 0 Å². The number of hydrogen-bond donors (Lipinski definition) is 1. The van der Waals surface area contributed by atoms with Crippen LogP contribution in [0.2, 0.25) is 0 Å². The van der Waals surface area contributed by atoms with Crippen LogP contribution in [0.15, 0.2) is 17.3 Å². The molecule has 1 heterocycles. The Kier molecular flexibility index (Phi) is 4.47. The molecule has 0 bridgehead atoms. The van der Waals surface area contributed by atoms with Gasteiger partial charge in [0.1, 0.15) is 12.2 Å². The lowest BCUT2D eigenvalue weighted by atomic mass is 10.3. The van der Waals surface area contributed by atoms with Gasteiger partial charge in [-0.1, -0.05) is 0 Å². The van der Waals surface area contributed by atoms with E-state index >= 15 is 0 Å². The van der Waals surface area contributed by atoms with E-state index in [-0.39, 0.29) is 11.9 Å². The van der Waals surface area contributed by atoms with E-state index in [1.54, 1.807) is 6.92 Å². The highest BCUT2D eigenvalue weighted by Gasteiger charge is 2.29. The van der Waals surface area contributed by atoms with Gasteiger partial charge in [-0.05, 0) is 6.92 Å². The third-order valence-corrected chi connectivity index (χ3v) is 4.18. The predicted octanol–water partition coefficient (Wildman–Crippen LogP) is 1.33. The van der Waals surface area contributed by atoms with Crippen molar-refractivity contribution in [3.05, 3.63) is 41.5 Å². The summed E-state index contributed by atoms with van der Waals surface area (Å²) < 4.78 is 80.1. The van der Waals surface area contributed by atoms with E-state index in [0.717, 1.165) is 6.33 Å². The normalized spacial score (nSPS) is 11.9. The second-order valence-corrected chi connectivity index (χ2v) is 5.82. The highest BCUT2D eigenvalue weighted by Crippen LogP contribution is 2.23. The van der Waals surface area contributed by atoms with Crippen molar-refractivity contribution in [2.75, 3.05) is 0 Å². The van der Waals surface area contributed by atoms with Gasteiger partial charge in [-0.25, -0.2) is 40.4 Å². The molecule has 0 amide bonds. The first-order chi connectivity index (χ1) is 10.3. The van der Waals surface area contributed by atoms with Crippen LogP contribution in [0.4, 0.5) is 17.6 Å². The Labute approximate surface area is 122 Å². The minimum Gasteiger partial charge on any atom is -0.249 e. The minimum atomic E-state index is -4.83. The van der Waals surface area contributed by atoms with E-state index in [4.69, 9.17) is 0 Å². The fourth-order valence-corrected chi connectivity index (χ4v) is 2.84. The summed E-state index contributed by atoms with van der Waals surface area (Å²) >= 11 is 0. The third kappa shape index (κ3) is 2.95. The van der Waals surface area contributed by atoms with E-state index in [9.17, 15) is 26.0 Å². The number of nitrogens with one attached hydrogen (secondary N) is 1. The first-order valence-electron chi connectivity index (χ1n) is 5.97. The molecule has 0 aliphatic rings. The van der Waals surface area contributed by atoms with Gasteiger partial charge in [0.05, 0.1) is 6.54 Å². The van der Waals surface area contributed by atoms with Crippen molar-refractivity contribution in [1.29, 1.82) is 0 Å². The highest BCUT2D eigenvalue weighted by molar-refractivity contribution is 7.89. The number of sulfonamides is 1. The first kappa shape index (κ1) is 16.4. The minimum absolute atomic E-state index is 0.0720. The van der Waals surface area contributed by atoms with Crippen molar-refractivity contribution in [2.24, 2.45) is 0 Å². The second-order valence-electron chi connectivity index (χ2n) is 4.11. The summed E-state index contributed by atoms with van der Waals surface area (Å²) in [5.41, 5.74) is 0. The third-order valence-electron chi connectivity index (χ3n) is 2.76. The Bertz CT molecular complexity index is 780. The average Bonchev–Trinajstić information content (AvgIpc) is 2.90. The lowest BCUT2D eigenvalue weighted by molar-refractivity contribution is 0.417. The van der Waals surface area contributed by atoms with Crippen molar-refractivity contribution < 1.29 is 26.0 Å². The van der Waals surface area contributed by atoms with E-state index in [0.29, 0.717) is 6.54 Å². The van der Waals surface area contributed by atoms with Gasteiger partial charge in [-0.2, -0.15) is 5.10 Å². The molecule has 1 aromatic heterocycles. The molecule has 1 N–H and O–H groups in total. The summed E-state index contributed by atoms with van der Waals surface area (Å²) in [6.45, 7) is 1.65. The number of aromatic nitrogens is 3. The number of halogens is 4. The lowest BCUT2D eigenvalue weighted by Gasteiger charge is -2.09. The molecule has 0 saturated heterocycles. The zero-order chi connectivity index (χ0) is 16.5. The predicted molar refractivity (Wildman–Crippen MR) is 66.0 cm³/mol. The van der Waals surface area contributed by atoms with Gasteiger partial charge in [0, 0.05) is 12.6 Å². The first-order valence-corrected chi connectivity index (χ1v) is 7.45. The molecule has 0 fully saturated rings. The molecular formula is C11H10F4N4O2S. The molecule has 6 nitrogen and oxygen atoms in total. The van der Waals surface area contributed by atoms with Crippen molar-refractivity contribution in [1.82, 2.24) is 19.5 Å². The summed E-state index contributed by atoms with van der Waals surface area (Å²) in [6.07, 6.45) is 1.16. The van der Waals surface area contributed by atoms with Crippen LogP contribution in [-0.4, -0.2) is 23.2 Å². The molecule has 0 atom stereocenters. The Morgan fingerprint density at radius 1 is 1.18 bits per heavy atom. The van der Waals surface area contributed by atoms with Gasteiger partial charge in [0.2, 0.25) is 10.0 Å². The zero-order valence-corrected chi connectivity index (χ0v) is 12.0. The van der Waals surface area contributed by atoms with E-state index in [1.807, 2.05) is 4.72 Å². The maximum absolute atomic E-state index is 13.5. The van der Waals surface area contributed by atoms with Gasteiger partial charge >= 0.3 is 0 Å². The molecule has 0 unspecified atom stereocenters. The fourth-order valence-electron chi connectivity index (χ4n) is 1.71. The van der Waals surface area contributed by atoms with Crippen LogP contribution >= 0.6 is 0 Å². The summed E-state index contributed by atoms with van der Waals surface area (Å²) in [7, 11) is -4.83. The van der Waals surface area contributed by atoms with Crippen molar-refractivity contribution in [3.63, 3.8) is 0 Å². The average molecular weight is 338 g/mol. The molecule has 0 radical (unpaired) electrons. The van der Waals surface area contributed by atoms with Crippen LogP contribution in [-0.2, 0) is 23.1 Å². The fraction of sp³-hybridized carbons (Fsp3) is 0.273. The summed E-state index contributed by atoms with van der Waals surface area (Å²) in [6, 6.07) is -0.0720. The number of aryl methyl sites for hydroxylation is 1. The quantitative estimate of drug-likeness (QED) is 0.659. The van der Waals surface area contributed by atoms with Gasteiger partial charge < -0.3 is 0 Å². The Balaban J connectivity index is 2.36. The molecule has 0 saturated carbocycles. The van der Waals surface area contributed by atoms with Crippen LogP contribution in [0.3, 0.4) is 0 Å². The van der Waals surface area contributed by atoms with Crippen molar-refractivity contribution in [2.45, 2.75) is 24.9 Å². The van der Waals surface area contributed by atoms with E-state index in [1.165, 1.54) is 4.68 Å². The van der Waals surface area contributed by atoms with E-state index < -0.39 is 44.7 Å². The lowest BCUT2D eigenvalue weighted by Crippen LogP contribution is -2.27. The van der Waals surface area contributed by atoms with Crippen LogP contribution in [0, 0.1) is 23.3 Å². The molecule has 1 aromatic carbocycles. The summed E-state index contributed by atoms with van der Waals surface area (Å²) in [5, 5.41) is 3.77. The van der Waals surface area contributed by atoms with Crippen molar-refractivity contribution >= 4 is 10.0 Å². The van der Waals surface area contributed by atoms with E-state index in [2.05, 4.69) is 10.1 Å². The van der Waals surface area contributed by atoms with Crippen LogP contribution in [0.5, 0.6) is 0 Å². The molecular weight excluding hydrogens is 328 g/mol. The summed E-state index contributed by atoms with van der Waals surface area (Å²) in [5.74, 6) is -7.44. The van der Waals surface area contributed by atoms with Gasteiger partial charge in [0.25, 0.3) is 0 Å². The molecule has 2 rings (SSSR count). The van der Waals surface area contributed by atoms with Crippen LogP contribution in [0.1, 0.15) is 12.7 Å². The second kappa shape index (κ2) is 6.01. The van der Waals surface area contributed by atoms with Gasteiger partial charge in [-0.3, -0.25) is 0 Å². The Morgan fingerprint density at radius 3 is 2.32 bits per heavy atom. The monoisotopic (exact) mass is 338 g/mol. The Hall–Kier alpha value is -2.01. The molecule has 0 aliphatic carbocycles. The molecule has 11 heteroatoms. The van der Waals surface area contributed by atoms with Gasteiger partial charge in [0.15, 0.2) is 28.2 Å². The van der Waals surface area contributed by atoms with Crippen LogP contribution in [0.25, 0.3) is 0 Å². The van der Waals surface area contributed by atoms with Crippen LogP contribution < -0.4 is 4.72 Å².